The van der Waals surface area contributed by atoms with Crippen LogP contribution >= 0.6 is 0 Å². The molecule has 0 amide bonds. The monoisotopic (exact) mass is 325 g/mol. The first-order valence-electron chi connectivity index (χ1n) is 7.81. The lowest BCUT2D eigenvalue weighted by molar-refractivity contribution is 0.626. The summed E-state index contributed by atoms with van der Waals surface area (Å²) in [6.45, 7) is 5.98. The molecule has 1 unspecified atom stereocenters. The number of hydrogen-bond acceptors (Lipinski definition) is 4. The second-order valence-electron chi connectivity index (χ2n) is 5.85. The molecule has 3 aromatic rings. The highest BCUT2D eigenvalue weighted by atomic mass is 19.1. The predicted octanol–water partition coefficient (Wildman–Crippen LogP) is 3.81. The van der Waals surface area contributed by atoms with Crippen LogP contribution in [-0.4, -0.2) is 19.7 Å². The molecule has 0 saturated heterocycles. The summed E-state index contributed by atoms with van der Waals surface area (Å²) in [6, 6.07) is 8.26. The lowest BCUT2D eigenvalue weighted by Gasteiger charge is -2.14. The number of hydrogen-bond donors (Lipinski definition) is 1. The quantitative estimate of drug-likeness (QED) is 0.792. The fourth-order valence-corrected chi connectivity index (χ4v) is 2.74. The summed E-state index contributed by atoms with van der Waals surface area (Å²) in [6.07, 6.45) is 1.73. The summed E-state index contributed by atoms with van der Waals surface area (Å²) >= 11 is 0. The van der Waals surface area contributed by atoms with E-state index in [-0.39, 0.29) is 11.9 Å². The molecule has 1 N–H and O–H groups in total. The van der Waals surface area contributed by atoms with Crippen molar-refractivity contribution >= 4 is 5.95 Å². The fourth-order valence-electron chi connectivity index (χ4n) is 2.74. The molecule has 0 spiro atoms. The maximum Gasteiger partial charge on any atom is 0.223 e. The Morgan fingerprint density at radius 1 is 1.12 bits per heavy atom. The van der Waals surface area contributed by atoms with Crippen LogP contribution in [0.3, 0.4) is 0 Å². The first kappa shape index (κ1) is 16.1. The summed E-state index contributed by atoms with van der Waals surface area (Å²) in [5.74, 6) is 0.290. The second kappa shape index (κ2) is 6.39. The smallest absolute Gasteiger partial charge is 0.223 e. The lowest BCUT2D eigenvalue weighted by Crippen LogP contribution is -2.09. The normalized spacial score (nSPS) is 12.2. The standard InChI is InChI=1S/C18H20FN5/c1-11(14-5-7-15(19)8-6-14)21-18-20-10-9-16(22-18)17-12(2)23-24(4)13(17)3/h5-11H,1-4H3,(H,20,21,22). The number of aryl methyl sites for hydroxylation is 2. The summed E-state index contributed by atoms with van der Waals surface area (Å²) in [5, 5.41) is 7.70. The molecule has 1 atom stereocenters. The summed E-state index contributed by atoms with van der Waals surface area (Å²) < 4.78 is 14.9. The highest BCUT2D eigenvalue weighted by Crippen LogP contribution is 2.26. The molecule has 0 fully saturated rings. The Morgan fingerprint density at radius 3 is 2.46 bits per heavy atom. The maximum atomic E-state index is 13.0. The number of nitrogens with one attached hydrogen (secondary N) is 1. The minimum Gasteiger partial charge on any atom is -0.348 e. The third-order valence-corrected chi connectivity index (χ3v) is 4.14. The zero-order valence-electron chi connectivity index (χ0n) is 14.2. The molecule has 0 saturated carbocycles. The number of nitrogens with zero attached hydrogens (tertiary/aromatic N) is 4. The van der Waals surface area contributed by atoms with Crippen molar-refractivity contribution in [1.29, 1.82) is 0 Å². The van der Waals surface area contributed by atoms with Gasteiger partial charge in [-0.2, -0.15) is 5.10 Å². The molecule has 124 valence electrons. The Hall–Kier alpha value is -2.76. The van der Waals surface area contributed by atoms with Crippen LogP contribution in [0.5, 0.6) is 0 Å². The van der Waals surface area contributed by atoms with E-state index < -0.39 is 0 Å². The maximum absolute atomic E-state index is 13.0. The van der Waals surface area contributed by atoms with Gasteiger partial charge in [-0.1, -0.05) is 12.1 Å². The minimum absolute atomic E-state index is 0.0306. The van der Waals surface area contributed by atoms with Crippen LogP contribution in [0.2, 0.25) is 0 Å². The van der Waals surface area contributed by atoms with Crippen LogP contribution < -0.4 is 5.32 Å². The van der Waals surface area contributed by atoms with E-state index in [1.807, 2.05) is 38.6 Å². The van der Waals surface area contributed by atoms with Crippen molar-refractivity contribution in [2.24, 2.45) is 7.05 Å². The Kier molecular flexibility index (Phi) is 4.29. The molecule has 0 aliphatic carbocycles. The predicted molar refractivity (Wildman–Crippen MR) is 92.1 cm³/mol. The summed E-state index contributed by atoms with van der Waals surface area (Å²) in [5.41, 5.74) is 4.83. The molecule has 1 aromatic carbocycles. The molecule has 2 heterocycles. The van der Waals surface area contributed by atoms with Crippen LogP contribution in [0.15, 0.2) is 36.5 Å². The van der Waals surface area contributed by atoms with Crippen LogP contribution in [0, 0.1) is 19.7 Å². The van der Waals surface area contributed by atoms with Crippen molar-refractivity contribution in [2.75, 3.05) is 5.32 Å². The van der Waals surface area contributed by atoms with E-state index in [1.54, 1.807) is 18.3 Å². The molecule has 0 bridgehead atoms. The Balaban J connectivity index is 1.87. The van der Waals surface area contributed by atoms with Crippen LogP contribution in [0.1, 0.15) is 29.9 Å². The fraction of sp³-hybridized carbons (Fsp3) is 0.278. The molecular formula is C18H20FN5. The van der Waals surface area contributed by atoms with Gasteiger partial charge in [-0.05, 0) is 44.5 Å². The number of aromatic nitrogens is 4. The Morgan fingerprint density at radius 2 is 1.83 bits per heavy atom. The van der Waals surface area contributed by atoms with Gasteiger partial charge in [0.25, 0.3) is 0 Å². The van der Waals surface area contributed by atoms with Gasteiger partial charge in [-0.3, -0.25) is 4.68 Å². The molecule has 0 radical (unpaired) electrons. The van der Waals surface area contributed by atoms with Crippen molar-refractivity contribution in [3.8, 4) is 11.3 Å². The van der Waals surface area contributed by atoms with Gasteiger partial charge >= 0.3 is 0 Å². The Bertz CT molecular complexity index is 854. The summed E-state index contributed by atoms with van der Waals surface area (Å²) in [4.78, 5) is 8.90. The van der Waals surface area contributed by atoms with Gasteiger partial charge in [0.15, 0.2) is 0 Å². The van der Waals surface area contributed by atoms with E-state index in [2.05, 4.69) is 20.4 Å². The van der Waals surface area contributed by atoms with Crippen molar-refractivity contribution in [2.45, 2.75) is 26.8 Å². The van der Waals surface area contributed by atoms with Crippen molar-refractivity contribution < 1.29 is 4.39 Å². The van der Waals surface area contributed by atoms with Gasteiger partial charge in [-0.25, -0.2) is 14.4 Å². The van der Waals surface area contributed by atoms with Gasteiger partial charge in [0.1, 0.15) is 5.82 Å². The van der Waals surface area contributed by atoms with Gasteiger partial charge in [-0.15, -0.1) is 0 Å². The van der Waals surface area contributed by atoms with Crippen molar-refractivity contribution in [3.63, 3.8) is 0 Å². The summed E-state index contributed by atoms with van der Waals surface area (Å²) in [7, 11) is 1.92. The first-order chi connectivity index (χ1) is 11.5. The average molecular weight is 325 g/mol. The molecule has 0 aliphatic rings. The molecule has 24 heavy (non-hydrogen) atoms. The average Bonchev–Trinajstić information content (AvgIpc) is 2.81. The van der Waals surface area contributed by atoms with Crippen LogP contribution in [0.25, 0.3) is 11.3 Å². The van der Waals surface area contributed by atoms with Crippen molar-refractivity contribution in [3.05, 3.63) is 59.3 Å². The van der Waals surface area contributed by atoms with E-state index in [0.29, 0.717) is 5.95 Å². The van der Waals surface area contributed by atoms with Gasteiger partial charge in [0, 0.05) is 24.5 Å². The molecule has 2 aromatic heterocycles. The van der Waals surface area contributed by atoms with E-state index in [1.165, 1.54) is 12.1 Å². The third-order valence-electron chi connectivity index (χ3n) is 4.14. The highest BCUT2D eigenvalue weighted by Gasteiger charge is 2.14. The first-order valence-corrected chi connectivity index (χ1v) is 7.81. The largest absolute Gasteiger partial charge is 0.348 e. The van der Waals surface area contributed by atoms with Gasteiger partial charge < -0.3 is 5.32 Å². The number of rotatable bonds is 4. The zero-order valence-corrected chi connectivity index (χ0v) is 14.2. The van der Waals surface area contributed by atoms with Gasteiger partial charge in [0.2, 0.25) is 5.95 Å². The van der Waals surface area contributed by atoms with Crippen LogP contribution in [0.4, 0.5) is 10.3 Å². The second-order valence-corrected chi connectivity index (χ2v) is 5.85. The zero-order chi connectivity index (χ0) is 17.3. The molecular weight excluding hydrogens is 305 g/mol. The van der Waals surface area contributed by atoms with Gasteiger partial charge in [0.05, 0.1) is 17.4 Å². The molecule has 5 nitrogen and oxygen atoms in total. The SMILES string of the molecule is Cc1nn(C)c(C)c1-c1ccnc(NC(C)c2ccc(F)cc2)n1. The topological polar surface area (TPSA) is 55.6 Å². The molecule has 0 aliphatic heterocycles. The highest BCUT2D eigenvalue weighted by molar-refractivity contribution is 5.65. The number of halogens is 1. The van der Waals surface area contributed by atoms with E-state index >= 15 is 0 Å². The van der Waals surface area contributed by atoms with E-state index in [0.717, 1.165) is 28.2 Å². The Labute approximate surface area is 140 Å². The minimum atomic E-state index is -0.244. The molecule has 6 heteroatoms. The molecule has 3 rings (SSSR count). The number of benzene rings is 1. The third kappa shape index (κ3) is 3.13. The van der Waals surface area contributed by atoms with Crippen LogP contribution in [-0.2, 0) is 7.05 Å². The van der Waals surface area contributed by atoms with E-state index in [9.17, 15) is 4.39 Å². The van der Waals surface area contributed by atoms with Crippen molar-refractivity contribution in [1.82, 2.24) is 19.7 Å². The van der Waals surface area contributed by atoms with E-state index in [4.69, 9.17) is 0 Å². The lowest BCUT2D eigenvalue weighted by atomic mass is 10.1. The number of anilines is 1.